The van der Waals surface area contributed by atoms with Crippen LogP contribution in [0.3, 0.4) is 0 Å². The van der Waals surface area contributed by atoms with Gasteiger partial charge in [0.25, 0.3) is 5.91 Å². The summed E-state index contributed by atoms with van der Waals surface area (Å²) in [6.45, 7) is 5.39. The average molecular weight is 442 g/mol. The Morgan fingerprint density at radius 1 is 1.19 bits per heavy atom. The molecule has 27 heavy (non-hydrogen) atoms. The Hall–Kier alpha value is -1.54. The summed E-state index contributed by atoms with van der Waals surface area (Å²) in [5, 5.41) is 3.04. The molecule has 2 saturated heterocycles. The highest BCUT2D eigenvalue weighted by Crippen LogP contribution is 2.25. The molecule has 8 heteroatoms. The summed E-state index contributed by atoms with van der Waals surface area (Å²) in [5.41, 5.74) is 0. The molecule has 2 aliphatic rings. The largest absolute Gasteiger partial charge is 0.444 e. The molecule has 0 saturated carbocycles. The number of carbonyl (C=O) groups excluding carboxylic acids is 2. The Bertz CT molecular complexity index is 637. The fourth-order valence-electron chi connectivity index (χ4n) is 3.85. The number of hydrogen-bond acceptors (Lipinski definition) is 4. The molecule has 2 fully saturated rings. The van der Waals surface area contributed by atoms with Crippen molar-refractivity contribution in [3.8, 4) is 0 Å². The van der Waals surface area contributed by atoms with Gasteiger partial charge >= 0.3 is 6.03 Å². The van der Waals surface area contributed by atoms with Crippen LogP contribution in [0.2, 0.25) is 0 Å². The topological polar surface area (TPSA) is 75.0 Å². The second kappa shape index (κ2) is 9.59. The maximum atomic E-state index is 12.8. The van der Waals surface area contributed by atoms with Crippen LogP contribution in [0, 0.1) is 0 Å². The molecule has 0 atom stereocenters. The number of nitrogens with one attached hydrogen (secondary N) is 1. The minimum Gasteiger partial charge on any atom is -0.444 e. The second-order valence-electron chi connectivity index (χ2n) is 7.11. The summed E-state index contributed by atoms with van der Waals surface area (Å²) >= 11 is 3.23. The van der Waals surface area contributed by atoms with Crippen LogP contribution >= 0.6 is 15.9 Å². The van der Waals surface area contributed by atoms with Gasteiger partial charge in [0.2, 0.25) is 0 Å². The van der Waals surface area contributed by atoms with Crippen LogP contribution in [0.25, 0.3) is 0 Å². The molecule has 0 radical (unpaired) electrons. The molecule has 1 N–H and O–H groups in total. The van der Waals surface area contributed by atoms with Gasteiger partial charge in [-0.2, -0.15) is 0 Å². The number of amides is 3. The maximum absolute atomic E-state index is 12.8. The lowest BCUT2D eigenvalue weighted by Gasteiger charge is -2.43. The Morgan fingerprint density at radius 3 is 2.44 bits per heavy atom. The summed E-state index contributed by atoms with van der Waals surface area (Å²) in [7, 11) is 0. The van der Waals surface area contributed by atoms with Crippen LogP contribution in [0.5, 0.6) is 0 Å². The summed E-state index contributed by atoms with van der Waals surface area (Å²) in [4.78, 5) is 29.2. The van der Waals surface area contributed by atoms with Crippen molar-refractivity contribution < 1.29 is 18.7 Å². The second-order valence-corrected chi connectivity index (χ2v) is 7.89. The van der Waals surface area contributed by atoms with E-state index in [9.17, 15) is 9.59 Å². The van der Waals surface area contributed by atoms with E-state index in [4.69, 9.17) is 9.15 Å². The summed E-state index contributed by atoms with van der Waals surface area (Å²) in [6.07, 6.45) is 4.23. The van der Waals surface area contributed by atoms with Crippen molar-refractivity contribution in [2.45, 2.75) is 51.1 Å². The minimum absolute atomic E-state index is 0.0171. The zero-order valence-electron chi connectivity index (χ0n) is 15.8. The molecular formula is C19H28BrN3O4. The number of piperidine rings is 1. The first-order valence-corrected chi connectivity index (χ1v) is 10.6. The number of likely N-dealkylation sites (tertiary alicyclic amines) is 1. The van der Waals surface area contributed by atoms with E-state index in [2.05, 4.69) is 28.2 Å². The molecule has 3 heterocycles. The number of hydrogen-bond donors (Lipinski definition) is 1. The third-order valence-electron chi connectivity index (χ3n) is 5.27. The first-order chi connectivity index (χ1) is 13.1. The molecular weight excluding hydrogens is 414 g/mol. The van der Waals surface area contributed by atoms with Crippen molar-refractivity contribution in [1.82, 2.24) is 15.1 Å². The summed E-state index contributed by atoms with van der Waals surface area (Å²) < 4.78 is 11.4. The lowest BCUT2D eigenvalue weighted by molar-refractivity contribution is 0.0205. The molecule has 0 aromatic carbocycles. The van der Waals surface area contributed by atoms with Crippen molar-refractivity contribution in [1.29, 1.82) is 0 Å². The number of urea groups is 1. The Balaban J connectivity index is 1.62. The molecule has 7 nitrogen and oxygen atoms in total. The SMILES string of the molecule is CCCNC(=O)N(C1CCOCC1)C1CCN(C(=O)c2ccc(Br)o2)CC1. The van der Waals surface area contributed by atoms with E-state index >= 15 is 0 Å². The highest BCUT2D eigenvalue weighted by Gasteiger charge is 2.35. The molecule has 2 aliphatic heterocycles. The molecule has 3 amide bonds. The van der Waals surface area contributed by atoms with Gasteiger partial charge in [-0.3, -0.25) is 4.79 Å². The summed E-state index contributed by atoms with van der Waals surface area (Å²) in [5.74, 6) is 0.259. The highest BCUT2D eigenvalue weighted by atomic mass is 79.9. The molecule has 1 aromatic rings. The quantitative estimate of drug-likeness (QED) is 0.760. The van der Waals surface area contributed by atoms with E-state index in [0.29, 0.717) is 43.3 Å². The van der Waals surface area contributed by atoms with Crippen molar-refractivity contribution in [3.05, 3.63) is 22.6 Å². The predicted octanol–water partition coefficient (Wildman–Crippen LogP) is 3.25. The molecule has 0 unspecified atom stereocenters. The zero-order valence-corrected chi connectivity index (χ0v) is 17.4. The average Bonchev–Trinajstić information content (AvgIpc) is 3.14. The minimum atomic E-state index is -0.0906. The van der Waals surface area contributed by atoms with Crippen LogP contribution in [-0.2, 0) is 4.74 Å². The monoisotopic (exact) mass is 441 g/mol. The Morgan fingerprint density at radius 2 is 1.85 bits per heavy atom. The number of carbonyl (C=O) groups is 2. The van der Waals surface area contributed by atoms with Gasteiger partial charge in [0.1, 0.15) is 0 Å². The van der Waals surface area contributed by atoms with E-state index in [1.54, 1.807) is 12.1 Å². The standard InChI is InChI=1S/C19H28BrN3O4/c1-2-9-21-19(25)23(15-7-12-26-13-8-15)14-5-10-22(11-6-14)18(24)16-3-4-17(20)27-16/h3-4,14-15H,2,5-13H2,1H3,(H,21,25). The fraction of sp³-hybridized carbons (Fsp3) is 0.684. The van der Waals surface area contributed by atoms with Crippen LogP contribution in [0.15, 0.2) is 21.2 Å². The Kier molecular flexibility index (Phi) is 7.18. The molecule has 150 valence electrons. The van der Waals surface area contributed by atoms with Crippen molar-refractivity contribution >= 4 is 27.9 Å². The number of ether oxygens (including phenoxy) is 1. The zero-order chi connectivity index (χ0) is 19.2. The van der Waals surface area contributed by atoms with E-state index in [-0.39, 0.29) is 24.0 Å². The molecule has 0 aliphatic carbocycles. The number of halogens is 1. The third kappa shape index (κ3) is 5.04. The van der Waals surface area contributed by atoms with Gasteiger partial charge in [-0.15, -0.1) is 0 Å². The van der Waals surface area contributed by atoms with Gasteiger partial charge in [0, 0.05) is 44.9 Å². The molecule has 1 aromatic heterocycles. The number of furan rings is 1. The molecule has 3 rings (SSSR count). The van der Waals surface area contributed by atoms with E-state index in [1.807, 2.05) is 9.80 Å². The normalized spacial score (nSPS) is 19.1. The smallest absolute Gasteiger partial charge is 0.317 e. The lowest BCUT2D eigenvalue weighted by Crippen LogP contribution is -2.56. The van der Waals surface area contributed by atoms with Gasteiger partial charge in [-0.25, -0.2) is 4.79 Å². The van der Waals surface area contributed by atoms with Gasteiger partial charge in [0.15, 0.2) is 10.4 Å². The Labute approximate surface area is 168 Å². The summed E-state index contributed by atoms with van der Waals surface area (Å²) in [6, 6.07) is 3.79. The van der Waals surface area contributed by atoms with Crippen molar-refractivity contribution in [3.63, 3.8) is 0 Å². The van der Waals surface area contributed by atoms with E-state index < -0.39 is 0 Å². The highest BCUT2D eigenvalue weighted by molar-refractivity contribution is 9.10. The van der Waals surface area contributed by atoms with E-state index in [1.165, 1.54) is 0 Å². The van der Waals surface area contributed by atoms with Gasteiger partial charge in [0.05, 0.1) is 0 Å². The van der Waals surface area contributed by atoms with Crippen molar-refractivity contribution in [2.75, 3.05) is 32.8 Å². The lowest BCUT2D eigenvalue weighted by atomic mass is 9.98. The fourth-order valence-corrected chi connectivity index (χ4v) is 4.16. The van der Waals surface area contributed by atoms with Crippen LogP contribution < -0.4 is 5.32 Å². The maximum Gasteiger partial charge on any atom is 0.317 e. The molecule has 0 spiro atoms. The van der Waals surface area contributed by atoms with Crippen LogP contribution in [-0.4, -0.2) is 66.7 Å². The molecule has 0 bridgehead atoms. The van der Waals surface area contributed by atoms with Crippen LogP contribution in [0.1, 0.15) is 49.6 Å². The predicted molar refractivity (Wildman–Crippen MR) is 105 cm³/mol. The first kappa shape index (κ1) is 20.2. The van der Waals surface area contributed by atoms with Crippen molar-refractivity contribution in [2.24, 2.45) is 0 Å². The van der Waals surface area contributed by atoms with Crippen LogP contribution in [0.4, 0.5) is 4.79 Å². The van der Waals surface area contributed by atoms with Gasteiger partial charge in [-0.05, 0) is 60.2 Å². The number of nitrogens with zero attached hydrogens (tertiary/aromatic N) is 2. The first-order valence-electron chi connectivity index (χ1n) is 9.78. The van der Waals surface area contributed by atoms with Gasteiger partial charge < -0.3 is 24.3 Å². The third-order valence-corrected chi connectivity index (χ3v) is 5.70. The van der Waals surface area contributed by atoms with E-state index in [0.717, 1.165) is 32.1 Å². The number of rotatable bonds is 5. The van der Waals surface area contributed by atoms with Gasteiger partial charge in [-0.1, -0.05) is 6.92 Å².